The van der Waals surface area contributed by atoms with E-state index in [1.807, 2.05) is 6.07 Å². The summed E-state index contributed by atoms with van der Waals surface area (Å²) in [6, 6.07) is 4.27. The number of aliphatic carboxylic acids is 1. The summed E-state index contributed by atoms with van der Waals surface area (Å²) in [5.74, 6) is 0.294. The number of carbonyl (C=O) groups is 1. The van der Waals surface area contributed by atoms with Gasteiger partial charge < -0.3 is 25.6 Å². The van der Waals surface area contributed by atoms with E-state index in [0.29, 0.717) is 11.5 Å². The summed E-state index contributed by atoms with van der Waals surface area (Å²) in [4.78, 5) is 10.8. The number of benzene rings is 1. The number of carboxylic acids is 1. The van der Waals surface area contributed by atoms with E-state index in [-0.39, 0.29) is 12.5 Å². The van der Waals surface area contributed by atoms with Crippen LogP contribution in [0, 0.1) is 0 Å². The van der Waals surface area contributed by atoms with Crippen molar-refractivity contribution < 1.29 is 19.4 Å². The van der Waals surface area contributed by atoms with Crippen molar-refractivity contribution in [1.82, 2.24) is 5.32 Å². The van der Waals surface area contributed by atoms with Crippen molar-refractivity contribution in [2.45, 2.75) is 18.5 Å². The Morgan fingerprint density at radius 2 is 2.11 bits per heavy atom. The molecule has 0 aromatic heterocycles. The largest absolute Gasteiger partial charge is 0.497 e. The third-order valence-corrected chi connectivity index (χ3v) is 2.97. The first kappa shape index (κ1) is 15.3. The molecule has 1 aromatic carbocycles. The molecule has 2 unspecified atom stereocenters. The molecule has 0 aliphatic carbocycles. The molecule has 2 atom stereocenters. The zero-order chi connectivity index (χ0) is 14.4. The molecule has 0 saturated carbocycles. The Morgan fingerprint density at radius 1 is 1.42 bits per heavy atom. The van der Waals surface area contributed by atoms with Crippen molar-refractivity contribution in [1.29, 1.82) is 0 Å². The zero-order valence-corrected chi connectivity index (χ0v) is 11.3. The normalized spacial score (nSPS) is 13.7. The van der Waals surface area contributed by atoms with Crippen LogP contribution in [0.1, 0.15) is 18.0 Å². The van der Waals surface area contributed by atoms with Crippen LogP contribution < -0.4 is 20.5 Å². The number of hydrogen-bond donors (Lipinski definition) is 3. The summed E-state index contributed by atoms with van der Waals surface area (Å²) in [6.07, 6.45) is 0.272. The summed E-state index contributed by atoms with van der Waals surface area (Å²) in [5, 5.41) is 11.9. The second kappa shape index (κ2) is 6.96. The molecule has 0 radical (unpaired) electrons. The highest BCUT2D eigenvalue weighted by molar-refractivity contribution is 5.73. The molecule has 0 bridgehead atoms. The smallest absolute Gasteiger partial charge is 0.320 e. The van der Waals surface area contributed by atoms with E-state index in [0.717, 1.165) is 5.56 Å². The second-order valence-corrected chi connectivity index (χ2v) is 4.13. The summed E-state index contributed by atoms with van der Waals surface area (Å²) in [7, 11) is 4.88. The topological polar surface area (TPSA) is 93.8 Å². The van der Waals surface area contributed by atoms with Crippen molar-refractivity contribution in [3.8, 4) is 11.5 Å². The zero-order valence-electron chi connectivity index (χ0n) is 11.3. The van der Waals surface area contributed by atoms with E-state index >= 15 is 0 Å². The molecule has 0 saturated heterocycles. The second-order valence-electron chi connectivity index (χ2n) is 4.13. The molecule has 0 aliphatic rings. The van der Waals surface area contributed by atoms with Crippen LogP contribution in [0.5, 0.6) is 11.5 Å². The number of carboxylic acid groups (broad SMARTS) is 1. The standard InChI is InChI=1S/C13H20N2O4/c1-15-11(7-10(14)13(16)17)9-5-4-8(18-2)6-12(9)19-3/h4-6,10-11,15H,7,14H2,1-3H3,(H,16,17). The van der Waals surface area contributed by atoms with Crippen LogP contribution in [0.2, 0.25) is 0 Å². The molecule has 6 nitrogen and oxygen atoms in total. The van der Waals surface area contributed by atoms with Gasteiger partial charge in [0, 0.05) is 17.7 Å². The van der Waals surface area contributed by atoms with Crippen molar-refractivity contribution >= 4 is 5.97 Å². The molecule has 0 fully saturated rings. The first-order valence-electron chi connectivity index (χ1n) is 5.91. The van der Waals surface area contributed by atoms with Crippen LogP contribution >= 0.6 is 0 Å². The van der Waals surface area contributed by atoms with Gasteiger partial charge in [-0.3, -0.25) is 4.79 Å². The molecular weight excluding hydrogens is 248 g/mol. The van der Waals surface area contributed by atoms with Crippen LogP contribution in [0.3, 0.4) is 0 Å². The minimum Gasteiger partial charge on any atom is -0.497 e. The molecule has 106 valence electrons. The molecule has 0 amide bonds. The van der Waals surface area contributed by atoms with Gasteiger partial charge in [0.2, 0.25) is 0 Å². The number of methoxy groups -OCH3 is 2. The van der Waals surface area contributed by atoms with Gasteiger partial charge in [-0.2, -0.15) is 0 Å². The van der Waals surface area contributed by atoms with Crippen molar-refractivity contribution in [3.05, 3.63) is 23.8 Å². The van der Waals surface area contributed by atoms with Crippen molar-refractivity contribution in [3.63, 3.8) is 0 Å². The third-order valence-electron chi connectivity index (χ3n) is 2.97. The van der Waals surface area contributed by atoms with Gasteiger partial charge in [-0.25, -0.2) is 0 Å². The van der Waals surface area contributed by atoms with Crippen molar-refractivity contribution in [2.75, 3.05) is 21.3 Å². The van der Waals surface area contributed by atoms with Crippen molar-refractivity contribution in [2.24, 2.45) is 5.73 Å². The monoisotopic (exact) mass is 268 g/mol. The van der Waals surface area contributed by atoms with E-state index < -0.39 is 12.0 Å². The molecule has 0 spiro atoms. The SMILES string of the molecule is CNC(CC(N)C(=O)O)c1ccc(OC)cc1OC. The highest BCUT2D eigenvalue weighted by Gasteiger charge is 2.21. The molecule has 19 heavy (non-hydrogen) atoms. The van der Waals surface area contributed by atoms with E-state index in [1.54, 1.807) is 33.4 Å². The van der Waals surface area contributed by atoms with Crippen LogP contribution in [0.15, 0.2) is 18.2 Å². The summed E-state index contributed by atoms with van der Waals surface area (Å²) in [5.41, 5.74) is 6.42. The average Bonchev–Trinajstić information content (AvgIpc) is 2.43. The molecule has 4 N–H and O–H groups in total. The number of nitrogens with two attached hydrogens (primary N) is 1. The Hall–Kier alpha value is -1.79. The van der Waals surface area contributed by atoms with Crippen LogP contribution in [-0.2, 0) is 4.79 Å². The highest BCUT2D eigenvalue weighted by atomic mass is 16.5. The maximum Gasteiger partial charge on any atom is 0.320 e. The predicted octanol–water partition coefficient (Wildman–Crippen LogP) is 0.766. The predicted molar refractivity (Wildman–Crippen MR) is 71.6 cm³/mol. The Balaban J connectivity index is 3.00. The lowest BCUT2D eigenvalue weighted by Crippen LogP contribution is -2.34. The number of ether oxygens (including phenoxy) is 2. The fraction of sp³-hybridized carbons (Fsp3) is 0.462. The van der Waals surface area contributed by atoms with Gasteiger partial charge in [0.15, 0.2) is 0 Å². The van der Waals surface area contributed by atoms with Crippen LogP contribution in [0.25, 0.3) is 0 Å². The Morgan fingerprint density at radius 3 is 2.58 bits per heavy atom. The fourth-order valence-electron chi connectivity index (χ4n) is 1.86. The lowest BCUT2D eigenvalue weighted by Gasteiger charge is -2.21. The Bertz CT molecular complexity index is 437. The minimum atomic E-state index is -1.02. The Kier molecular flexibility index (Phi) is 5.59. The third kappa shape index (κ3) is 3.84. The highest BCUT2D eigenvalue weighted by Crippen LogP contribution is 2.31. The first-order valence-corrected chi connectivity index (χ1v) is 5.91. The number of nitrogens with one attached hydrogen (secondary N) is 1. The lowest BCUT2D eigenvalue weighted by atomic mass is 9.98. The summed E-state index contributed by atoms with van der Waals surface area (Å²) < 4.78 is 10.4. The maximum absolute atomic E-state index is 10.8. The van der Waals surface area contributed by atoms with E-state index in [4.69, 9.17) is 20.3 Å². The molecule has 6 heteroatoms. The first-order chi connectivity index (χ1) is 9.03. The lowest BCUT2D eigenvalue weighted by molar-refractivity contribution is -0.138. The van der Waals surface area contributed by atoms with Gasteiger partial charge in [-0.1, -0.05) is 6.07 Å². The van der Waals surface area contributed by atoms with E-state index in [9.17, 15) is 4.79 Å². The molecule has 0 aliphatic heterocycles. The Labute approximate surface area is 112 Å². The number of rotatable bonds is 7. The van der Waals surface area contributed by atoms with Gasteiger partial charge in [-0.15, -0.1) is 0 Å². The quantitative estimate of drug-likeness (QED) is 0.676. The minimum absolute atomic E-state index is 0.202. The molecule has 0 heterocycles. The van der Waals surface area contributed by atoms with Gasteiger partial charge in [0.05, 0.1) is 14.2 Å². The maximum atomic E-state index is 10.8. The summed E-state index contributed by atoms with van der Waals surface area (Å²) >= 11 is 0. The van der Waals surface area contributed by atoms with Gasteiger partial charge in [0.25, 0.3) is 0 Å². The number of hydrogen-bond acceptors (Lipinski definition) is 5. The van der Waals surface area contributed by atoms with Crippen LogP contribution in [-0.4, -0.2) is 38.4 Å². The van der Waals surface area contributed by atoms with Crippen LogP contribution in [0.4, 0.5) is 0 Å². The van der Waals surface area contributed by atoms with Gasteiger partial charge in [0.1, 0.15) is 17.5 Å². The van der Waals surface area contributed by atoms with E-state index in [2.05, 4.69) is 5.32 Å². The molecular formula is C13H20N2O4. The molecule has 1 rings (SSSR count). The van der Waals surface area contributed by atoms with E-state index in [1.165, 1.54) is 0 Å². The average molecular weight is 268 g/mol. The van der Waals surface area contributed by atoms with Gasteiger partial charge in [-0.05, 0) is 19.5 Å². The fourth-order valence-corrected chi connectivity index (χ4v) is 1.86. The van der Waals surface area contributed by atoms with Gasteiger partial charge >= 0.3 is 5.97 Å². The molecule has 1 aromatic rings. The summed E-state index contributed by atoms with van der Waals surface area (Å²) in [6.45, 7) is 0.